The predicted molar refractivity (Wildman–Crippen MR) is 67.2 cm³/mol. The van der Waals surface area contributed by atoms with E-state index in [0.29, 0.717) is 11.7 Å². The summed E-state index contributed by atoms with van der Waals surface area (Å²) in [5, 5.41) is 3.86. The standard InChI is InChI=1S/C13H10N4O2/c1-8(18)6-12-16-13(17-19-12)9-2-3-10-11(7-9)15-5-4-14-10/h2-5,7H,6H2,1H3. The molecular formula is C13H10N4O2. The number of fused-ring (bicyclic) bond motifs is 1. The summed E-state index contributed by atoms with van der Waals surface area (Å²) in [5.74, 6) is 0.755. The molecule has 0 saturated heterocycles. The van der Waals surface area contributed by atoms with E-state index in [1.807, 2.05) is 18.2 Å². The molecule has 0 unspecified atom stereocenters. The van der Waals surface area contributed by atoms with E-state index in [9.17, 15) is 4.79 Å². The number of benzene rings is 1. The fourth-order valence-corrected chi connectivity index (χ4v) is 1.76. The van der Waals surface area contributed by atoms with E-state index in [1.54, 1.807) is 12.4 Å². The van der Waals surface area contributed by atoms with Gasteiger partial charge in [-0.3, -0.25) is 14.8 Å². The van der Waals surface area contributed by atoms with Crippen LogP contribution in [-0.4, -0.2) is 25.9 Å². The van der Waals surface area contributed by atoms with Crippen molar-refractivity contribution in [2.45, 2.75) is 13.3 Å². The molecule has 0 saturated carbocycles. The van der Waals surface area contributed by atoms with Crippen LogP contribution < -0.4 is 0 Å². The first-order valence-electron chi connectivity index (χ1n) is 5.75. The lowest BCUT2D eigenvalue weighted by molar-refractivity contribution is -0.116. The Hall–Kier alpha value is -2.63. The Morgan fingerprint density at radius 1 is 1.21 bits per heavy atom. The second-order valence-electron chi connectivity index (χ2n) is 4.15. The highest BCUT2D eigenvalue weighted by Gasteiger charge is 2.11. The second kappa shape index (κ2) is 4.56. The Morgan fingerprint density at radius 3 is 2.79 bits per heavy atom. The van der Waals surface area contributed by atoms with E-state index in [4.69, 9.17) is 4.52 Å². The predicted octanol–water partition coefficient (Wildman–Crippen LogP) is 1.81. The van der Waals surface area contributed by atoms with Crippen molar-refractivity contribution in [3.05, 3.63) is 36.5 Å². The molecule has 0 fully saturated rings. The summed E-state index contributed by atoms with van der Waals surface area (Å²) in [6.07, 6.45) is 3.42. The molecule has 94 valence electrons. The number of hydrogen-bond donors (Lipinski definition) is 0. The van der Waals surface area contributed by atoms with Gasteiger partial charge in [-0.2, -0.15) is 4.98 Å². The monoisotopic (exact) mass is 254 g/mol. The molecule has 0 radical (unpaired) electrons. The van der Waals surface area contributed by atoms with Gasteiger partial charge in [-0.15, -0.1) is 0 Å². The van der Waals surface area contributed by atoms with Crippen molar-refractivity contribution in [1.82, 2.24) is 20.1 Å². The molecule has 6 heteroatoms. The number of nitrogens with zero attached hydrogens (tertiary/aromatic N) is 4. The zero-order valence-corrected chi connectivity index (χ0v) is 10.2. The molecule has 0 atom stereocenters. The second-order valence-corrected chi connectivity index (χ2v) is 4.15. The molecule has 1 aromatic carbocycles. The van der Waals surface area contributed by atoms with E-state index in [0.717, 1.165) is 16.6 Å². The quantitative estimate of drug-likeness (QED) is 0.709. The van der Waals surface area contributed by atoms with E-state index in [1.165, 1.54) is 6.92 Å². The molecule has 19 heavy (non-hydrogen) atoms. The first-order valence-corrected chi connectivity index (χ1v) is 5.75. The normalized spacial score (nSPS) is 10.8. The van der Waals surface area contributed by atoms with Crippen LogP contribution in [-0.2, 0) is 11.2 Å². The van der Waals surface area contributed by atoms with Gasteiger partial charge in [-0.25, -0.2) is 0 Å². The van der Waals surface area contributed by atoms with Gasteiger partial charge < -0.3 is 4.52 Å². The molecule has 2 aromatic heterocycles. The number of aromatic nitrogens is 4. The SMILES string of the molecule is CC(=O)Cc1nc(-c2ccc3nccnc3c2)no1. The summed E-state index contributed by atoms with van der Waals surface area (Å²) in [6, 6.07) is 5.53. The van der Waals surface area contributed by atoms with Crippen molar-refractivity contribution in [1.29, 1.82) is 0 Å². The van der Waals surface area contributed by atoms with Crippen LogP contribution in [0.3, 0.4) is 0 Å². The van der Waals surface area contributed by atoms with Crippen molar-refractivity contribution in [2.75, 3.05) is 0 Å². The maximum Gasteiger partial charge on any atom is 0.234 e. The first kappa shape index (κ1) is 11.5. The van der Waals surface area contributed by atoms with Crippen LogP contribution in [0.5, 0.6) is 0 Å². The minimum Gasteiger partial charge on any atom is -0.339 e. The average Bonchev–Trinajstić information content (AvgIpc) is 2.86. The Bertz CT molecular complexity index is 751. The van der Waals surface area contributed by atoms with Gasteiger partial charge in [0.15, 0.2) is 0 Å². The molecule has 0 aliphatic carbocycles. The fourth-order valence-electron chi connectivity index (χ4n) is 1.76. The van der Waals surface area contributed by atoms with Crippen LogP contribution in [0, 0.1) is 0 Å². The number of carbonyl (C=O) groups is 1. The minimum atomic E-state index is -0.0143. The van der Waals surface area contributed by atoms with Gasteiger partial charge >= 0.3 is 0 Å². The van der Waals surface area contributed by atoms with Gasteiger partial charge in [-0.05, 0) is 25.1 Å². The van der Waals surface area contributed by atoms with E-state index < -0.39 is 0 Å². The molecular weight excluding hydrogens is 244 g/mol. The summed E-state index contributed by atoms with van der Waals surface area (Å²) in [5.41, 5.74) is 2.35. The Kier molecular flexibility index (Phi) is 2.75. The molecule has 0 aliphatic rings. The van der Waals surface area contributed by atoms with Crippen molar-refractivity contribution in [3.8, 4) is 11.4 Å². The molecule has 0 amide bonds. The summed E-state index contributed by atoms with van der Waals surface area (Å²) in [7, 11) is 0. The molecule has 0 aliphatic heterocycles. The zero-order valence-electron chi connectivity index (χ0n) is 10.2. The van der Waals surface area contributed by atoms with Gasteiger partial charge in [0.2, 0.25) is 11.7 Å². The highest BCUT2D eigenvalue weighted by molar-refractivity contribution is 5.79. The molecule has 2 heterocycles. The van der Waals surface area contributed by atoms with Crippen LogP contribution in [0.4, 0.5) is 0 Å². The lowest BCUT2D eigenvalue weighted by Gasteiger charge is -1.97. The zero-order chi connectivity index (χ0) is 13.2. The molecule has 3 aromatic rings. The number of hydrogen-bond acceptors (Lipinski definition) is 6. The third kappa shape index (κ3) is 2.33. The molecule has 0 N–H and O–H groups in total. The van der Waals surface area contributed by atoms with Gasteiger partial charge in [0.25, 0.3) is 0 Å². The van der Waals surface area contributed by atoms with E-state index in [2.05, 4.69) is 20.1 Å². The number of ketones is 1. The topological polar surface area (TPSA) is 81.8 Å². The summed E-state index contributed by atoms with van der Waals surface area (Å²) in [4.78, 5) is 23.6. The lowest BCUT2D eigenvalue weighted by atomic mass is 10.2. The van der Waals surface area contributed by atoms with Crippen LogP contribution in [0.1, 0.15) is 12.8 Å². The van der Waals surface area contributed by atoms with Gasteiger partial charge in [0, 0.05) is 18.0 Å². The van der Waals surface area contributed by atoms with Crippen molar-refractivity contribution in [3.63, 3.8) is 0 Å². The third-order valence-corrected chi connectivity index (χ3v) is 2.60. The number of Topliss-reactive ketones (excluding diaryl/α,β-unsaturated/α-hetero) is 1. The Labute approximate surface area is 108 Å². The highest BCUT2D eigenvalue weighted by Crippen LogP contribution is 2.19. The van der Waals surface area contributed by atoms with Gasteiger partial charge in [-0.1, -0.05) is 5.16 Å². The smallest absolute Gasteiger partial charge is 0.234 e. The third-order valence-electron chi connectivity index (χ3n) is 2.60. The van der Waals surface area contributed by atoms with Crippen molar-refractivity contribution >= 4 is 16.8 Å². The average molecular weight is 254 g/mol. The van der Waals surface area contributed by atoms with E-state index >= 15 is 0 Å². The summed E-state index contributed by atoms with van der Waals surface area (Å²) < 4.78 is 5.02. The summed E-state index contributed by atoms with van der Waals surface area (Å²) in [6.45, 7) is 1.48. The summed E-state index contributed by atoms with van der Waals surface area (Å²) >= 11 is 0. The highest BCUT2D eigenvalue weighted by atomic mass is 16.5. The largest absolute Gasteiger partial charge is 0.339 e. The Balaban J connectivity index is 1.99. The van der Waals surface area contributed by atoms with Crippen molar-refractivity contribution < 1.29 is 9.32 Å². The molecule has 0 spiro atoms. The Morgan fingerprint density at radius 2 is 2.00 bits per heavy atom. The maximum absolute atomic E-state index is 11.0. The molecule has 6 nitrogen and oxygen atoms in total. The van der Waals surface area contributed by atoms with Gasteiger partial charge in [0.1, 0.15) is 5.78 Å². The maximum atomic E-state index is 11.0. The van der Waals surface area contributed by atoms with Crippen LogP contribution >= 0.6 is 0 Å². The van der Waals surface area contributed by atoms with Crippen LogP contribution in [0.25, 0.3) is 22.4 Å². The van der Waals surface area contributed by atoms with Crippen molar-refractivity contribution in [2.24, 2.45) is 0 Å². The molecule has 3 rings (SSSR count). The van der Waals surface area contributed by atoms with Crippen LogP contribution in [0.15, 0.2) is 35.1 Å². The first-order chi connectivity index (χ1) is 9.22. The van der Waals surface area contributed by atoms with Gasteiger partial charge in [0.05, 0.1) is 17.5 Å². The fraction of sp³-hybridized carbons (Fsp3) is 0.154. The number of rotatable bonds is 3. The van der Waals surface area contributed by atoms with E-state index in [-0.39, 0.29) is 12.2 Å². The number of carbonyl (C=O) groups excluding carboxylic acids is 1. The van der Waals surface area contributed by atoms with Crippen LogP contribution in [0.2, 0.25) is 0 Å². The minimum absolute atomic E-state index is 0.0143. The lowest BCUT2D eigenvalue weighted by Crippen LogP contribution is -1.96. The molecule has 0 bridgehead atoms.